The molecule has 0 aliphatic carbocycles. The van der Waals surface area contributed by atoms with E-state index in [1.54, 1.807) is 22.9 Å². The highest BCUT2D eigenvalue weighted by atomic mass is 32.2. The van der Waals surface area contributed by atoms with Crippen molar-refractivity contribution in [1.29, 1.82) is 0 Å². The predicted molar refractivity (Wildman–Crippen MR) is 135 cm³/mol. The number of aromatic nitrogens is 2. The lowest BCUT2D eigenvalue weighted by molar-refractivity contribution is 0.151. The number of hydrogen-bond acceptors (Lipinski definition) is 8. The Bertz CT molecular complexity index is 1230. The first-order chi connectivity index (χ1) is 16.8. The van der Waals surface area contributed by atoms with E-state index in [0.717, 1.165) is 29.9 Å². The molecule has 11 heteroatoms. The molecule has 0 saturated carbocycles. The molecule has 2 aliphatic heterocycles. The number of aliphatic hydroxyl groups excluding tert-OH is 1. The number of rotatable bonds is 9. The molecule has 0 unspecified atom stereocenters. The number of benzene rings is 1. The van der Waals surface area contributed by atoms with Crippen LogP contribution in [0.4, 0.5) is 5.69 Å². The van der Waals surface area contributed by atoms with Crippen molar-refractivity contribution >= 4 is 27.2 Å². The highest BCUT2D eigenvalue weighted by molar-refractivity contribution is 7.89. The summed E-state index contributed by atoms with van der Waals surface area (Å²) in [6.45, 7) is 11.1. The number of piperazine rings is 1. The number of aliphatic imine (C=N–C) groups is 1. The van der Waals surface area contributed by atoms with Crippen molar-refractivity contribution in [3.8, 4) is 5.75 Å². The van der Waals surface area contributed by atoms with Crippen LogP contribution in [0.25, 0.3) is 5.70 Å². The highest BCUT2D eigenvalue weighted by Crippen LogP contribution is 2.35. The third-order valence-electron chi connectivity index (χ3n) is 6.25. The van der Waals surface area contributed by atoms with Gasteiger partial charge in [-0.15, -0.1) is 0 Å². The zero-order valence-electron chi connectivity index (χ0n) is 20.6. The van der Waals surface area contributed by atoms with Crippen LogP contribution in [-0.2, 0) is 23.5 Å². The van der Waals surface area contributed by atoms with Crippen LogP contribution in [0.3, 0.4) is 0 Å². The quantitative estimate of drug-likeness (QED) is 0.537. The predicted octanol–water partition coefficient (Wildman–Crippen LogP) is 1.72. The average molecular weight is 503 g/mol. The molecule has 0 spiro atoms. The first-order valence-electron chi connectivity index (χ1n) is 12.0. The molecule has 35 heavy (non-hydrogen) atoms. The molecule has 10 nitrogen and oxygen atoms in total. The maximum Gasteiger partial charge on any atom is 0.243 e. The summed E-state index contributed by atoms with van der Waals surface area (Å²) in [4.78, 5) is 7.10. The van der Waals surface area contributed by atoms with Crippen molar-refractivity contribution in [1.82, 2.24) is 24.3 Å². The molecule has 4 rings (SSSR count). The van der Waals surface area contributed by atoms with Gasteiger partial charge in [-0.05, 0) is 31.5 Å². The minimum Gasteiger partial charge on any atom is -0.493 e. The van der Waals surface area contributed by atoms with Gasteiger partial charge in [-0.3, -0.25) is 9.58 Å². The number of nitrogens with zero attached hydrogens (tertiary/aromatic N) is 5. The van der Waals surface area contributed by atoms with Crippen molar-refractivity contribution in [3.05, 3.63) is 41.7 Å². The summed E-state index contributed by atoms with van der Waals surface area (Å²) in [5.41, 5.74) is 3.67. The van der Waals surface area contributed by atoms with Gasteiger partial charge in [-0.1, -0.05) is 19.9 Å². The lowest BCUT2D eigenvalue weighted by atomic mass is 10.1. The van der Waals surface area contributed by atoms with Crippen molar-refractivity contribution in [2.24, 2.45) is 12.0 Å². The normalized spacial score (nSPS) is 17.1. The van der Waals surface area contributed by atoms with Gasteiger partial charge in [-0.2, -0.15) is 9.40 Å². The van der Waals surface area contributed by atoms with Gasteiger partial charge in [0, 0.05) is 39.8 Å². The van der Waals surface area contributed by atoms with E-state index in [2.05, 4.69) is 28.8 Å². The summed E-state index contributed by atoms with van der Waals surface area (Å²) >= 11 is 0. The average Bonchev–Trinajstić information content (AvgIpc) is 3.15. The summed E-state index contributed by atoms with van der Waals surface area (Å²) in [7, 11) is -1.85. The van der Waals surface area contributed by atoms with Gasteiger partial charge in [0.15, 0.2) is 0 Å². The van der Waals surface area contributed by atoms with Gasteiger partial charge in [0.05, 0.1) is 35.1 Å². The number of aliphatic hydroxyl groups is 1. The van der Waals surface area contributed by atoms with Crippen LogP contribution in [0.5, 0.6) is 5.75 Å². The number of sulfonamides is 1. The third-order valence-corrected chi connectivity index (χ3v) is 8.14. The smallest absolute Gasteiger partial charge is 0.243 e. The number of ether oxygens (including phenoxy) is 1. The van der Waals surface area contributed by atoms with E-state index in [-0.39, 0.29) is 11.5 Å². The summed E-state index contributed by atoms with van der Waals surface area (Å²) in [5.74, 6) is 1.03. The standard InChI is InChI=1S/C24H34N6O4S/c1-5-7-20-22-23(28(4)27-20)17(3)25-24(26-22)19-16-18(8-9-21(19)34-6-2)35(32,33)30-12-10-29(11-13-30)14-15-31/h8-9,16,31H,3,5-7,10-15H2,1-2,4H3,(H,25,26). The molecule has 0 atom stereocenters. The summed E-state index contributed by atoms with van der Waals surface area (Å²) < 4.78 is 36.1. The van der Waals surface area contributed by atoms with Crippen LogP contribution in [-0.4, -0.2) is 84.3 Å². The number of β-amino-alcohol motifs (C(OH)–C–C–N with tert-alkyl or cyclic N) is 1. The minimum atomic E-state index is -3.71. The van der Waals surface area contributed by atoms with E-state index in [0.29, 0.717) is 62.2 Å². The molecular weight excluding hydrogens is 468 g/mol. The molecule has 190 valence electrons. The van der Waals surface area contributed by atoms with Crippen LogP contribution in [0.2, 0.25) is 0 Å². The maximum atomic E-state index is 13.5. The molecule has 0 amide bonds. The van der Waals surface area contributed by atoms with Crippen LogP contribution < -0.4 is 10.1 Å². The topological polar surface area (TPSA) is 112 Å². The largest absolute Gasteiger partial charge is 0.493 e. The second-order valence-electron chi connectivity index (χ2n) is 8.64. The van der Waals surface area contributed by atoms with Gasteiger partial charge >= 0.3 is 0 Å². The zero-order valence-corrected chi connectivity index (χ0v) is 21.4. The SMILES string of the molecule is C=C1NC(c2cc(S(=O)(=O)N3CCN(CCO)CC3)ccc2OCC)=Nc2c(CCC)nn(C)c21. The molecule has 0 radical (unpaired) electrons. The number of hydrogen-bond donors (Lipinski definition) is 2. The van der Waals surface area contributed by atoms with E-state index in [9.17, 15) is 8.42 Å². The molecule has 0 bridgehead atoms. The lowest BCUT2D eigenvalue weighted by Gasteiger charge is -2.33. The molecule has 1 fully saturated rings. The van der Waals surface area contributed by atoms with E-state index in [1.807, 2.05) is 14.0 Å². The van der Waals surface area contributed by atoms with Gasteiger partial charge in [-0.25, -0.2) is 13.4 Å². The Kier molecular flexibility index (Phi) is 7.60. The van der Waals surface area contributed by atoms with Crippen LogP contribution >= 0.6 is 0 Å². The fourth-order valence-electron chi connectivity index (χ4n) is 4.52. The van der Waals surface area contributed by atoms with Crippen LogP contribution in [0, 0.1) is 0 Å². The van der Waals surface area contributed by atoms with Crippen LogP contribution in [0.15, 0.2) is 34.7 Å². The fourth-order valence-corrected chi connectivity index (χ4v) is 5.97. The number of amidine groups is 1. The Morgan fingerprint density at radius 2 is 1.94 bits per heavy atom. The van der Waals surface area contributed by atoms with Gasteiger partial charge < -0.3 is 15.2 Å². The van der Waals surface area contributed by atoms with Gasteiger partial charge in [0.2, 0.25) is 10.0 Å². The molecule has 3 heterocycles. The third kappa shape index (κ3) is 4.99. The number of aryl methyl sites for hydroxylation is 2. The highest BCUT2D eigenvalue weighted by Gasteiger charge is 2.31. The van der Waals surface area contributed by atoms with Crippen molar-refractivity contribution in [3.63, 3.8) is 0 Å². The van der Waals surface area contributed by atoms with E-state index in [4.69, 9.17) is 14.8 Å². The number of nitrogens with one attached hydrogen (secondary N) is 1. The zero-order chi connectivity index (χ0) is 25.2. The minimum absolute atomic E-state index is 0.0635. The first kappa shape index (κ1) is 25.4. The Hall–Kier alpha value is -2.73. The summed E-state index contributed by atoms with van der Waals surface area (Å²) in [6, 6.07) is 4.90. The monoisotopic (exact) mass is 502 g/mol. The molecule has 1 aromatic carbocycles. The summed E-state index contributed by atoms with van der Waals surface area (Å²) in [5, 5.41) is 17.0. The molecule has 1 aromatic heterocycles. The molecule has 1 saturated heterocycles. The van der Waals surface area contributed by atoms with Gasteiger partial charge in [0.25, 0.3) is 0 Å². The second-order valence-corrected chi connectivity index (χ2v) is 10.6. The Morgan fingerprint density at radius 3 is 2.60 bits per heavy atom. The van der Waals surface area contributed by atoms with E-state index in [1.165, 1.54) is 4.31 Å². The molecular formula is C24H34N6O4S. The first-order valence-corrected chi connectivity index (χ1v) is 13.5. The van der Waals surface area contributed by atoms with Crippen molar-refractivity contribution < 1.29 is 18.3 Å². The summed E-state index contributed by atoms with van der Waals surface area (Å²) in [6.07, 6.45) is 1.71. The Labute approximate surface area is 207 Å². The molecule has 2 N–H and O–H groups in total. The molecule has 2 aromatic rings. The van der Waals surface area contributed by atoms with Crippen LogP contribution in [0.1, 0.15) is 37.2 Å². The van der Waals surface area contributed by atoms with Gasteiger partial charge in [0.1, 0.15) is 23.0 Å². The van der Waals surface area contributed by atoms with Crippen molar-refractivity contribution in [2.75, 3.05) is 45.9 Å². The lowest BCUT2D eigenvalue weighted by Crippen LogP contribution is -2.49. The Morgan fingerprint density at radius 1 is 1.20 bits per heavy atom. The maximum absolute atomic E-state index is 13.5. The second kappa shape index (κ2) is 10.5. The fraction of sp³-hybridized carbons (Fsp3) is 0.500. The Balaban J connectivity index is 1.73. The van der Waals surface area contributed by atoms with E-state index < -0.39 is 10.0 Å². The molecule has 2 aliphatic rings. The van der Waals surface area contributed by atoms with E-state index >= 15 is 0 Å². The van der Waals surface area contributed by atoms with Crippen molar-refractivity contribution in [2.45, 2.75) is 31.6 Å². The number of fused-ring (bicyclic) bond motifs is 1.